The average molecular weight is 1000 g/mol. The number of ether oxygens (including phenoxy) is 1. The number of carbonyl (C=O) groups is 9. The molecule has 2 rings (SSSR count). The lowest BCUT2D eigenvalue weighted by molar-refractivity contribution is -0.150. The molecule has 5 amide bonds. The molecule has 17 heteroatoms. The van der Waals surface area contributed by atoms with Crippen molar-refractivity contribution in [3.63, 3.8) is 0 Å². The highest BCUT2D eigenvalue weighted by molar-refractivity contribution is 7.09. The van der Waals surface area contributed by atoms with Gasteiger partial charge in [-0.25, -0.2) is 4.98 Å². The Bertz CT molecular complexity index is 2230. The Hall–Kier alpha value is -6.20. The Morgan fingerprint density at radius 1 is 0.761 bits per heavy atom. The van der Waals surface area contributed by atoms with Crippen molar-refractivity contribution in [3.8, 4) is 24.7 Å². The highest BCUT2D eigenvalue weighted by atomic mass is 32.1. The third-order valence-electron chi connectivity index (χ3n) is 12.7. The lowest BCUT2D eigenvalue weighted by Crippen LogP contribution is -2.52. The van der Waals surface area contributed by atoms with Crippen LogP contribution in [-0.2, 0) is 49.5 Å². The predicted molar refractivity (Wildman–Crippen MR) is 273 cm³/mol. The standard InChI is InChI=1S/C54H76N6O10S/c1-16-34(10)41(28-46(64)49(33(8)9)60(15)53(68)35(11)25-45(63)36(12)55-50(66)42(27-40(62)17-2)57-48(65)18-3)54(69)59(14)44(32(6)7)29-47(70-37(13)61)52-58-43(30-71-52)51(67)56-39(24-31(4)5)26-38-22-20-19-21-23-38/h2-3,19-23,30-36,39,41-42,44,47,49H,16,24-29H2,1,4-15H3,(H,55,66)(H,56,67)(H,57,65)/t34-,35+,36-,39+,41-,42?,44+,47+,49-/m0/s1. The first-order valence-electron chi connectivity index (χ1n) is 24.4. The fraction of sp³-hybridized carbons (Fsp3) is 0.593. The van der Waals surface area contributed by atoms with Crippen LogP contribution < -0.4 is 16.0 Å². The van der Waals surface area contributed by atoms with Crippen molar-refractivity contribution in [2.75, 3.05) is 14.1 Å². The van der Waals surface area contributed by atoms with E-state index in [4.69, 9.17) is 17.6 Å². The van der Waals surface area contributed by atoms with Crippen LogP contribution >= 0.6 is 11.3 Å². The van der Waals surface area contributed by atoms with Gasteiger partial charge < -0.3 is 30.5 Å². The molecular weight excluding hydrogens is 925 g/mol. The van der Waals surface area contributed by atoms with Gasteiger partial charge in [0.1, 0.15) is 16.7 Å². The number of ketones is 3. The predicted octanol–water partition coefficient (Wildman–Crippen LogP) is 5.92. The van der Waals surface area contributed by atoms with E-state index in [0.29, 0.717) is 23.8 Å². The van der Waals surface area contributed by atoms with E-state index in [9.17, 15) is 43.2 Å². The van der Waals surface area contributed by atoms with Gasteiger partial charge in [0.25, 0.3) is 11.8 Å². The van der Waals surface area contributed by atoms with Gasteiger partial charge in [-0.2, -0.15) is 0 Å². The Kier molecular flexibility index (Phi) is 25.1. The van der Waals surface area contributed by atoms with Gasteiger partial charge in [0.05, 0.1) is 12.1 Å². The fourth-order valence-corrected chi connectivity index (χ4v) is 9.51. The number of nitrogens with zero attached hydrogens (tertiary/aromatic N) is 3. The number of terminal acetylenes is 2. The number of amides is 5. The monoisotopic (exact) mass is 1000 g/mol. The van der Waals surface area contributed by atoms with Gasteiger partial charge >= 0.3 is 5.97 Å². The lowest BCUT2D eigenvalue weighted by atomic mass is 9.82. The van der Waals surface area contributed by atoms with Gasteiger partial charge in [0.15, 0.2) is 17.7 Å². The number of esters is 1. The number of aromatic nitrogens is 1. The van der Waals surface area contributed by atoms with E-state index in [2.05, 4.69) is 34.8 Å². The van der Waals surface area contributed by atoms with Crippen molar-refractivity contribution in [3.05, 3.63) is 52.0 Å². The summed E-state index contributed by atoms with van der Waals surface area (Å²) >= 11 is 1.20. The normalized spacial score (nSPS) is 15.0. The van der Waals surface area contributed by atoms with E-state index in [1.165, 1.54) is 44.1 Å². The van der Waals surface area contributed by atoms with E-state index in [1.807, 2.05) is 63.9 Å². The van der Waals surface area contributed by atoms with Gasteiger partial charge in [0, 0.05) is 76.0 Å². The number of benzene rings is 1. The zero-order valence-electron chi connectivity index (χ0n) is 43.8. The van der Waals surface area contributed by atoms with Crippen LogP contribution in [0.3, 0.4) is 0 Å². The van der Waals surface area contributed by atoms with Crippen LogP contribution in [0.15, 0.2) is 35.7 Å². The molecule has 0 bridgehead atoms. The molecule has 1 aromatic heterocycles. The number of carbonyl (C=O) groups excluding carboxylic acids is 9. The lowest BCUT2D eigenvalue weighted by Gasteiger charge is -2.38. The van der Waals surface area contributed by atoms with Crippen molar-refractivity contribution in [2.45, 2.75) is 157 Å². The van der Waals surface area contributed by atoms with Crippen LogP contribution in [0, 0.1) is 60.2 Å². The molecule has 0 aliphatic rings. The molecule has 0 saturated heterocycles. The summed E-state index contributed by atoms with van der Waals surface area (Å²) in [5.74, 6) is -3.68. The third kappa shape index (κ3) is 19.2. The molecule has 0 aliphatic carbocycles. The molecule has 1 heterocycles. The van der Waals surface area contributed by atoms with E-state index in [-0.39, 0.29) is 66.3 Å². The maximum absolute atomic E-state index is 14.7. The number of likely N-dealkylation sites (N-methyl/N-ethyl adjacent to an activating group) is 1. The van der Waals surface area contributed by atoms with Gasteiger partial charge in [-0.3, -0.25) is 43.2 Å². The Morgan fingerprint density at radius 3 is 1.93 bits per heavy atom. The molecule has 2 aromatic rings. The van der Waals surface area contributed by atoms with Crippen LogP contribution in [0.4, 0.5) is 0 Å². The van der Waals surface area contributed by atoms with Crippen molar-refractivity contribution < 1.29 is 47.9 Å². The number of nitrogens with one attached hydrogen (secondary N) is 3. The summed E-state index contributed by atoms with van der Waals surface area (Å²) in [6.07, 6.45) is 10.4. The fourth-order valence-electron chi connectivity index (χ4n) is 8.67. The van der Waals surface area contributed by atoms with Gasteiger partial charge in [-0.15, -0.1) is 24.2 Å². The van der Waals surface area contributed by atoms with Crippen LogP contribution in [0.2, 0.25) is 0 Å². The smallest absolute Gasteiger partial charge is 0.303 e. The molecule has 0 fully saturated rings. The summed E-state index contributed by atoms with van der Waals surface area (Å²) < 4.78 is 5.84. The number of thiazole rings is 1. The van der Waals surface area contributed by atoms with Gasteiger partial charge in [-0.1, -0.05) is 99.1 Å². The third-order valence-corrected chi connectivity index (χ3v) is 13.6. The second-order valence-electron chi connectivity index (χ2n) is 19.7. The van der Waals surface area contributed by atoms with Crippen LogP contribution in [0.1, 0.15) is 142 Å². The first-order chi connectivity index (χ1) is 33.3. The molecular formula is C54H76N6O10S. The van der Waals surface area contributed by atoms with Crippen molar-refractivity contribution >= 4 is 64.2 Å². The summed E-state index contributed by atoms with van der Waals surface area (Å²) in [4.78, 5) is 127. The zero-order valence-corrected chi connectivity index (χ0v) is 44.6. The Labute approximate surface area is 425 Å². The van der Waals surface area contributed by atoms with E-state index in [1.54, 1.807) is 37.1 Å². The molecule has 0 saturated carbocycles. The number of Topliss-reactive ketones (excluding diaryl/α,β-unsaturated/α-hetero) is 3. The second-order valence-corrected chi connectivity index (χ2v) is 20.6. The summed E-state index contributed by atoms with van der Waals surface area (Å²) in [5.41, 5.74) is 1.30. The first kappa shape index (κ1) is 60.9. The summed E-state index contributed by atoms with van der Waals surface area (Å²) in [7, 11) is 3.15. The highest BCUT2D eigenvalue weighted by Gasteiger charge is 2.40. The second kappa shape index (κ2) is 29.2. The molecule has 0 spiro atoms. The summed E-state index contributed by atoms with van der Waals surface area (Å²) in [5, 5.41) is 9.85. The first-order valence-corrected chi connectivity index (χ1v) is 25.3. The van der Waals surface area contributed by atoms with Crippen LogP contribution in [-0.4, -0.2) is 112 Å². The van der Waals surface area contributed by atoms with Gasteiger partial charge in [0.2, 0.25) is 23.5 Å². The van der Waals surface area contributed by atoms with Crippen molar-refractivity contribution in [2.24, 2.45) is 35.5 Å². The largest absolute Gasteiger partial charge is 0.455 e. The Morgan fingerprint density at radius 2 is 1.39 bits per heavy atom. The SMILES string of the molecule is C#CC(=O)CC(NC(=O)C#C)C(=O)N[C@@H](C)C(=O)C[C@@H](C)C(=O)N(C)[C@H](C(=O)C[C@H](C(=O)N(C)[C@H](C[C@@H](OC(C)=O)c1nc(C(=O)N[C@@H](Cc2ccccc2)CC(C)C)cs1)C(C)C)[C@@H](C)CC)C(C)C. The molecule has 0 aliphatic heterocycles. The highest BCUT2D eigenvalue weighted by Crippen LogP contribution is 2.33. The minimum atomic E-state index is -1.43. The Balaban J connectivity index is 2.30. The molecule has 9 atom stereocenters. The average Bonchev–Trinajstić information content (AvgIpc) is 3.81. The molecule has 16 nitrogen and oxygen atoms in total. The van der Waals surface area contributed by atoms with Crippen LogP contribution in [0.5, 0.6) is 0 Å². The van der Waals surface area contributed by atoms with E-state index >= 15 is 0 Å². The number of rotatable bonds is 29. The summed E-state index contributed by atoms with van der Waals surface area (Å²) in [6.45, 7) is 19.7. The number of hydrogen-bond donors (Lipinski definition) is 3. The quantitative estimate of drug-likeness (QED) is 0.0494. The van der Waals surface area contributed by atoms with Crippen molar-refractivity contribution in [1.82, 2.24) is 30.7 Å². The molecule has 388 valence electrons. The zero-order chi connectivity index (χ0) is 53.9. The van der Waals surface area contributed by atoms with E-state index in [0.717, 1.165) is 12.0 Å². The van der Waals surface area contributed by atoms with Crippen LogP contribution in [0.25, 0.3) is 0 Å². The maximum atomic E-state index is 14.7. The van der Waals surface area contributed by atoms with Crippen molar-refractivity contribution in [1.29, 1.82) is 0 Å². The topological polar surface area (TPSA) is 218 Å². The molecule has 71 heavy (non-hydrogen) atoms. The maximum Gasteiger partial charge on any atom is 0.303 e. The van der Waals surface area contributed by atoms with E-state index < -0.39 is 83.8 Å². The molecule has 1 unspecified atom stereocenters. The molecule has 0 radical (unpaired) electrons. The molecule has 1 aromatic carbocycles. The van der Waals surface area contributed by atoms with Gasteiger partial charge in [-0.05, 0) is 60.8 Å². The minimum absolute atomic E-state index is 0.137. The summed E-state index contributed by atoms with van der Waals surface area (Å²) in [6, 6.07) is 5.76. The number of hydrogen-bond acceptors (Lipinski definition) is 12. The minimum Gasteiger partial charge on any atom is -0.455 e. The molecule has 3 N–H and O–H groups in total.